The summed E-state index contributed by atoms with van der Waals surface area (Å²) in [5.41, 5.74) is 0. The van der Waals surface area contributed by atoms with Crippen molar-refractivity contribution in [3.63, 3.8) is 0 Å². The number of rotatable bonds is 3. The molecule has 1 heterocycles. The first-order chi connectivity index (χ1) is 6.87. The normalized spacial score (nSPS) is 20.8. The Hall–Kier alpha value is -0.560. The Bertz CT molecular complexity index is 246. The van der Waals surface area contributed by atoms with Gasteiger partial charge in [-0.3, -0.25) is 4.79 Å². The lowest BCUT2D eigenvalue weighted by Gasteiger charge is -2.27. The van der Waals surface area contributed by atoms with Crippen LogP contribution in [0.5, 0.6) is 0 Å². The zero-order valence-electron chi connectivity index (χ0n) is 8.55. The molecule has 0 aromatic heterocycles. The average Bonchev–Trinajstić information content (AvgIpc) is 2.67. The summed E-state index contributed by atoms with van der Waals surface area (Å²) in [6.07, 6.45) is -3.46. The Morgan fingerprint density at radius 1 is 1.50 bits per heavy atom. The van der Waals surface area contributed by atoms with Crippen LogP contribution in [0.2, 0.25) is 0 Å². The molecule has 1 unspecified atom stereocenters. The van der Waals surface area contributed by atoms with Gasteiger partial charge in [0, 0.05) is 19.6 Å². The minimum atomic E-state index is -4.59. The van der Waals surface area contributed by atoms with Gasteiger partial charge in [-0.25, -0.2) is 8.78 Å². The van der Waals surface area contributed by atoms with Crippen molar-refractivity contribution in [2.45, 2.75) is 24.8 Å². The molecule has 0 radical (unpaired) electrons. The minimum Gasteiger partial charge on any atom is -0.336 e. The molecule has 1 rings (SSSR count). The van der Waals surface area contributed by atoms with Gasteiger partial charge in [-0.2, -0.15) is 8.78 Å². The molecular weight excluding hydrogens is 252 g/mol. The van der Waals surface area contributed by atoms with Crippen molar-refractivity contribution >= 4 is 18.3 Å². The standard InChI is InChI=1S/C8H12F4N2O.ClH/c1-14(5-2-3-13-4-5)7(15)8(11,12)6(9)10;/h5-6,13H,2-4H2,1H3;1H. The molecule has 1 fully saturated rings. The highest BCUT2D eigenvalue weighted by Gasteiger charge is 2.51. The van der Waals surface area contributed by atoms with Crippen LogP contribution in [0.15, 0.2) is 0 Å². The van der Waals surface area contributed by atoms with Crippen molar-refractivity contribution in [1.29, 1.82) is 0 Å². The third-order valence-electron chi connectivity index (χ3n) is 2.46. The maximum absolute atomic E-state index is 12.7. The SMILES string of the molecule is CN(C(=O)C(F)(F)C(F)F)C1CCNC1.Cl. The fraction of sp³-hybridized carbons (Fsp3) is 0.875. The molecule has 0 bridgehead atoms. The Morgan fingerprint density at radius 2 is 2.06 bits per heavy atom. The third-order valence-corrected chi connectivity index (χ3v) is 2.46. The zero-order chi connectivity index (χ0) is 11.6. The largest absolute Gasteiger partial charge is 0.383 e. The van der Waals surface area contributed by atoms with E-state index in [4.69, 9.17) is 0 Å². The van der Waals surface area contributed by atoms with E-state index in [0.717, 1.165) is 7.05 Å². The maximum atomic E-state index is 12.7. The molecule has 1 aliphatic rings. The topological polar surface area (TPSA) is 32.3 Å². The second-order valence-electron chi connectivity index (χ2n) is 3.49. The van der Waals surface area contributed by atoms with Gasteiger partial charge < -0.3 is 10.2 Å². The third kappa shape index (κ3) is 2.98. The van der Waals surface area contributed by atoms with E-state index < -0.39 is 24.3 Å². The summed E-state index contributed by atoms with van der Waals surface area (Å²) < 4.78 is 49.2. The van der Waals surface area contributed by atoms with Crippen LogP contribution in [0, 0.1) is 0 Å². The average molecular weight is 265 g/mol. The summed E-state index contributed by atoms with van der Waals surface area (Å²) in [5.74, 6) is -6.40. The van der Waals surface area contributed by atoms with Gasteiger partial charge in [-0.1, -0.05) is 0 Å². The summed E-state index contributed by atoms with van der Waals surface area (Å²) in [5, 5.41) is 2.86. The van der Waals surface area contributed by atoms with Crippen molar-refractivity contribution in [1.82, 2.24) is 10.2 Å². The molecule has 3 nitrogen and oxygen atoms in total. The summed E-state index contributed by atoms with van der Waals surface area (Å²) >= 11 is 0. The number of hydrogen-bond donors (Lipinski definition) is 1. The quantitative estimate of drug-likeness (QED) is 0.775. The van der Waals surface area contributed by atoms with Crippen LogP contribution < -0.4 is 5.32 Å². The van der Waals surface area contributed by atoms with Gasteiger partial charge in [-0.05, 0) is 13.0 Å². The van der Waals surface area contributed by atoms with Crippen LogP contribution >= 0.6 is 12.4 Å². The van der Waals surface area contributed by atoms with E-state index in [-0.39, 0.29) is 12.4 Å². The monoisotopic (exact) mass is 264 g/mol. The minimum absolute atomic E-state index is 0. The van der Waals surface area contributed by atoms with Gasteiger partial charge in [0.05, 0.1) is 0 Å². The molecule has 0 aliphatic carbocycles. The highest BCUT2D eigenvalue weighted by atomic mass is 35.5. The number of nitrogens with zero attached hydrogens (tertiary/aromatic N) is 1. The van der Waals surface area contributed by atoms with Crippen LogP contribution in [-0.2, 0) is 4.79 Å². The molecule has 1 amide bonds. The predicted octanol–water partition coefficient (Wildman–Crippen LogP) is 1.13. The second-order valence-corrected chi connectivity index (χ2v) is 3.49. The first-order valence-corrected chi connectivity index (χ1v) is 4.51. The van der Waals surface area contributed by atoms with Crippen molar-refractivity contribution < 1.29 is 22.4 Å². The van der Waals surface area contributed by atoms with Crippen molar-refractivity contribution in [2.75, 3.05) is 20.1 Å². The molecule has 1 atom stereocenters. The zero-order valence-corrected chi connectivity index (χ0v) is 9.37. The number of halogens is 5. The number of carbonyl (C=O) groups is 1. The molecular formula is C8H13ClF4N2O. The predicted molar refractivity (Wildman–Crippen MR) is 52.2 cm³/mol. The van der Waals surface area contributed by atoms with Crippen molar-refractivity contribution in [2.24, 2.45) is 0 Å². The molecule has 1 saturated heterocycles. The Kier molecular flexibility index (Phi) is 5.48. The summed E-state index contributed by atoms with van der Waals surface area (Å²) in [6, 6.07) is -0.429. The number of amides is 1. The lowest BCUT2D eigenvalue weighted by atomic mass is 10.2. The number of alkyl halides is 4. The lowest BCUT2D eigenvalue weighted by Crippen LogP contribution is -2.50. The van der Waals surface area contributed by atoms with Gasteiger partial charge in [-0.15, -0.1) is 12.4 Å². The Balaban J connectivity index is 0.00000225. The van der Waals surface area contributed by atoms with Gasteiger partial charge in [0.15, 0.2) is 0 Å². The number of nitrogens with one attached hydrogen (secondary N) is 1. The van der Waals surface area contributed by atoms with Crippen LogP contribution in [0.4, 0.5) is 17.6 Å². The Labute approximate surface area is 96.6 Å². The molecule has 1 N–H and O–H groups in total. The van der Waals surface area contributed by atoms with E-state index in [2.05, 4.69) is 5.32 Å². The number of hydrogen-bond acceptors (Lipinski definition) is 2. The van der Waals surface area contributed by atoms with Crippen LogP contribution in [0.25, 0.3) is 0 Å². The van der Waals surface area contributed by atoms with Crippen molar-refractivity contribution in [3.05, 3.63) is 0 Å². The maximum Gasteiger partial charge on any atom is 0.383 e. The molecule has 8 heteroatoms. The van der Waals surface area contributed by atoms with E-state index in [1.54, 1.807) is 0 Å². The van der Waals surface area contributed by atoms with Crippen LogP contribution in [0.1, 0.15) is 6.42 Å². The molecule has 16 heavy (non-hydrogen) atoms. The first kappa shape index (κ1) is 15.4. The molecule has 0 aromatic rings. The van der Waals surface area contributed by atoms with E-state index in [1.165, 1.54) is 0 Å². The highest BCUT2D eigenvalue weighted by Crippen LogP contribution is 2.26. The summed E-state index contributed by atoms with van der Waals surface area (Å²) in [6.45, 7) is 0.962. The number of carbonyl (C=O) groups excluding carboxylic acids is 1. The van der Waals surface area contributed by atoms with Gasteiger partial charge in [0.25, 0.3) is 5.91 Å². The molecule has 96 valence electrons. The molecule has 0 aromatic carbocycles. The van der Waals surface area contributed by atoms with Gasteiger partial charge in [0.2, 0.25) is 0 Å². The molecule has 0 spiro atoms. The van der Waals surface area contributed by atoms with Crippen LogP contribution in [-0.4, -0.2) is 49.3 Å². The van der Waals surface area contributed by atoms with Gasteiger partial charge in [0.1, 0.15) is 0 Å². The second kappa shape index (κ2) is 5.67. The lowest BCUT2D eigenvalue weighted by molar-refractivity contribution is -0.181. The Morgan fingerprint density at radius 3 is 2.44 bits per heavy atom. The highest BCUT2D eigenvalue weighted by molar-refractivity contribution is 5.85. The fourth-order valence-electron chi connectivity index (χ4n) is 1.46. The smallest absolute Gasteiger partial charge is 0.336 e. The first-order valence-electron chi connectivity index (χ1n) is 4.51. The van der Waals surface area contributed by atoms with Crippen molar-refractivity contribution in [3.8, 4) is 0 Å². The fourth-order valence-corrected chi connectivity index (χ4v) is 1.46. The number of likely N-dealkylation sites (N-methyl/N-ethyl adjacent to an activating group) is 1. The summed E-state index contributed by atoms with van der Waals surface area (Å²) in [7, 11) is 1.12. The van der Waals surface area contributed by atoms with E-state index in [9.17, 15) is 22.4 Å². The molecule has 1 aliphatic heterocycles. The van der Waals surface area contributed by atoms with Crippen LogP contribution in [0.3, 0.4) is 0 Å². The van der Waals surface area contributed by atoms with Gasteiger partial charge >= 0.3 is 12.3 Å². The summed E-state index contributed by atoms with van der Waals surface area (Å²) in [4.78, 5) is 11.8. The van der Waals surface area contributed by atoms with E-state index >= 15 is 0 Å². The molecule has 0 saturated carbocycles. The van der Waals surface area contributed by atoms with E-state index in [0.29, 0.717) is 24.4 Å². The van der Waals surface area contributed by atoms with E-state index in [1.807, 2.05) is 0 Å².